The molecule has 0 unspecified atom stereocenters. The summed E-state index contributed by atoms with van der Waals surface area (Å²) in [5.74, 6) is -0.909. The van der Waals surface area contributed by atoms with E-state index in [0.717, 1.165) is 11.6 Å². The summed E-state index contributed by atoms with van der Waals surface area (Å²) >= 11 is 0. The Bertz CT molecular complexity index is 838. The number of nitrogens with one attached hydrogen (secondary N) is 1. The highest BCUT2D eigenvalue weighted by Gasteiger charge is 2.16. The number of carbonyl (C=O) groups excluding carboxylic acids is 2. The molecule has 0 aliphatic heterocycles. The molecule has 0 aromatic heterocycles. The third-order valence-electron chi connectivity index (χ3n) is 3.03. The van der Waals surface area contributed by atoms with Crippen molar-refractivity contribution in [2.24, 2.45) is 0 Å². The quantitative estimate of drug-likeness (QED) is 0.675. The van der Waals surface area contributed by atoms with Crippen molar-refractivity contribution >= 4 is 27.8 Å². The van der Waals surface area contributed by atoms with Crippen LogP contribution < -0.4 is 4.72 Å². The van der Waals surface area contributed by atoms with Crippen LogP contribution in [-0.2, 0) is 14.8 Å². The van der Waals surface area contributed by atoms with Gasteiger partial charge < -0.3 is 0 Å². The van der Waals surface area contributed by atoms with Gasteiger partial charge >= 0.3 is 0 Å². The standard InChI is InChI=1S/C17H15NO4S/c1-13(19)15-8-10-16(11-9-15)23(21,22)18-17(20)12-7-14-5-3-2-4-6-14/h2-12H,1H3,(H,18,20)/b12-7+. The van der Waals surface area contributed by atoms with Gasteiger partial charge in [-0.2, -0.15) is 0 Å². The van der Waals surface area contributed by atoms with Crippen LogP contribution in [0.15, 0.2) is 65.6 Å². The molecule has 1 amide bonds. The lowest BCUT2D eigenvalue weighted by atomic mass is 10.2. The van der Waals surface area contributed by atoms with E-state index >= 15 is 0 Å². The monoisotopic (exact) mass is 329 g/mol. The largest absolute Gasteiger partial charge is 0.295 e. The van der Waals surface area contributed by atoms with Crippen molar-refractivity contribution in [1.29, 1.82) is 0 Å². The van der Waals surface area contributed by atoms with Crippen molar-refractivity contribution < 1.29 is 18.0 Å². The maximum atomic E-state index is 12.1. The average molecular weight is 329 g/mol. The lowest BCUT2D eigenvalue weighted by Crippen LogP contribution is -2.29. The molecule has 0 atom stereocenters. The molecule has 0 aliphatic carbocycles. The molecule has 2 aromatic rings. The lowest BCUT2D eigenvalue weighted by molar-refractivity contribution is -0.114. The molecule has 2 aromatic carbocycles. The van der Waals surface area contributed by atoms with Gasteiger partial charge in [-0.1, -0.05) is 42.5 Å². The van der Waals surface area contributed by atoms with Crippen molar-refractivity contribution in [2.45, 2.75) is 11.8 Å². The summed E-state index contributed by atoms with van der Waals surface area (Å²) < 4.78 is 26.1. The van der Waals surface area contributed by atoms with Crippen LogP contribution >= 0.6 is 0 Å². The number of benzene rings is 2. The van der Waals surface area contributed by atoms with Crippen molar-refractivity contribution in [2.75, 3.05) is 0 Å². The summed E-state index contributed by atoms with van der Waals surface area (Å²) in [7, 11) is -3.97. The normalized spacial score (nSPS) is 11.3. The fourth-order valence-corrected chi connectivity index (χ4v) is 2.78. The third-order valence-corrected chi connectivity index (χ3v) is 4.40. The van der Waals surface area contributed by atoms with Crippen LogP contribution in [0.4, 0.5) is 0 Å². The second-order valence-corrected chi connectivity index (χ2v) is 6.48. The second kappa shape index (κ2) is 7.02. The van der Waals surface area contributed by atoms with Gasteiger partial charge in [0.25, 0.3) is 15.9 Å². The Morgan fingerprint density at radius 1 is 0.957 bits per heavy atom. The van der Waals surface area contributed by atoms with Crippen LogP contribution in [-0.4, -0.2) is 20.1 Å². The highest BCUT2D eigenvalue weighted by atomic mass is 32.2. The van der Waals surface area contributed by atoms with Crippen molar-refractivity contribution in [1.82, 2.24) is 4.72 Å². The summed E-state index contributed by atoms with van der Waals surface area (Å²) in [6.07, 6.45) is 2.67. The van der Waals surface area contributed by atoms with Crippen LogP contribution in [0.5, 0.6) is 0 Å². The maximum absolute atomic E-state index is 12.1. The third kappa shape index (κ3) is 4.62. The molecular formula is C17H15NO4S. The number of sulfonamides is 1. The van der Waals surface area contributed by atoms with E-state index in [2.05, 4.69) is 0 Å². The SMILES string of the molecule is CC(=O)c1ccc(S(=O)(=O)NC(=O)/C=C/c2ccccc2)cc1. The van der Waals surface area contributed by atoms with Gasteiger partial charge in [-0.15, -0.1) is 0 Å². The molecule has 118 valence electrons. The molecule has 0 aliphatic rings. The highest BCUT2D eigenvalue weighted by Crippen LogP contribution is 2.11. The summed E-state index contributed by atoms with van der Waals surface area (Å²) in [6.45, 7) is 1.39. The number of Topliss-reactive ketones (excluding diaryl/α,β-unsaturated/α-hetero) is 1. The smallest absolute Gasteiger partial charge is 0.264 e. The van der Waals surface area contributed by atoms with E-state index in [9.17, 15) is 18.0 Å². The molecule has 0 heterocycles. The van der Waals surface area contributed by atoms with Gasteiger partial charge in [-0.05, 0) is 30.7 Å². The van der Waals surface area contributed by atoms with Crippen LogP contribution in [0, 0.1) is 0 Å². The van der Waals surface area contributed by atoms with E-state index < -0.39 is 15.9 Å². The first-order valence-corrected chi connectivity index (χ1v) is 8.28. The number of ketones is 1. The Hall–Kier alpha value is -2.73. The zero-order chi connectivity index (χ0) is 16.9. The summed E-state index contributed by atoms with van der Waals surface area (Å²) in [4.78, 5) is 22.8. The fraction of sp³-hybridized carbons (Fsp3) is 0.0588. The number of amides is 1. The number of hydrogen-bond donors (Lipinski definition) is 1. The van der Waals surface area contributed by atoms with E-state index in [1.165, 1.54) is 37.3 Å². The van der Waals surface area contributed by atoms with Crippen LogP contribution in [0.2, 0.25) is 0 Å². The first kappa shape index (κ1) is 16.6. The van der Waals surface area contributed by atoms with E-state index in [4.69, 9.17) is 0 Å². The second-order valence-electron chi connectivity index (χ2n) is 4.79. The molecule has 5 nitrogen and oxygen atoms in total. The average Bonchev–Trinajstić information content (AvgIpc) is 2.53. The summed E-state index contributed by atoms with van der Waals surface area (Å²) in [5, 5.41) is 0. The van der Waals surface area contributed by atoms with Gasteiger partial charge in [-0.25, -0.2) is 13.1 Å². The Morgan fingerprint density at radius 3 is 2.13 bits per heavy atom. The molecular weight excluding hydrogens is 314 g/mol. The number of rotatable bonds is 5. The van der Waals surface area contributed by atoms with Gasteiger partial charge in [-0.3, -0.25) is 9.59 Å². The number of carbonyl (C=O) groups is 2. The molecule has 0 spiro atoms. The predicted molar refractivity (Wildman–Crippen MR) is 87.3 cm³/mol. The zero-order valence-electron chi connectivity index (χ0n) is 12.4. The lowest BCUT2D eigenvalue weighted by Gasteiger charge is -2.05. The maximum Gasteiger partial charge on any atom is 0.264 e. The summed E-state index contributed by atoms with van der Waals surface area (Å²) in [5.41, 5.74) is 1.19. The molecule has 0 bridgehead atoms. The molecule has 6 heteroatoms. The predicted octanol–water partition coefficient (Wildman–Crippen LogP) is 2.41. The van der Waals surface area contributed by atoms with Gasteiger partial charge in [0.2, 0.25) is 0 Å². The van der Waals surface area contributed by atoms with E-state index in [-0.39, 0.29) is 10.7 Å². The molecule has 23 heavy (non-hydrogen) atoms. The molecule has 0 saturated heterocycles. The molecule has 2 rings (SSSR count). The molecule has 0 saturated carbocycles. The highest BCUT2D eigenvalue weighted by molar-refractivity contribution is 7.90. The van der Waals surface area contributed by atoms with Crippen LogP contribution in [0.25, 0.3) is 6.08 Å². The topological polar surface area (TPSA) is 80.3 Å². The van der Waals surface area contributed by atoms with E-state index in [0.29, 0.717) is 5.56 Å². The van der Waals surface area contributed by atoms with Crippen molar-refractivity contribution in [3.8, 4) is 0 Å². The number of hydrogen-bond acceptors (Lipinski definition) is 4. The van der Waals surface area contributed by atoms with Crippen molar-refractivity contribution in [3.63, 3.8) is 0 Å². The van der Waals surface area contributed by atoms with E-state index in [1.54, 1.807) is 12.1 Å². The van der Waals surface area contributed by atoms with Gasteiger partial charge in [0, 0.05) is 11.6 Å². The molecule has 1 N–H and O–H groups in total. The van der Waals surface area contributed by atoms with E-state index in [1.807, 2.05) is 22.9 Å². The van der Waals surface area contributed by atoms with Crippen molar-refractivity contribution in [3.05, 3.63) is 71.8 Å². The minimum absolute atomic E-state index is 0.0797. The Balaban J connectivity index is 2.10. The zero-order valence-corrected chi connectivity index (χ0v) is 13.2. The first-order valence-electron chi connectivity index (χ1n) is 6.79. The molecule has 0 fully saturated rings. The summed E-state index contributed by atoms with van der Waals surface area (Å²) in [6, 6.07) is 14.4. The van der Waals surface area contributed by atoms with Crippen LogP contribution in [0.3, 0.4) is 0 Å². The van der Waals surface area contributed by atoms with Gasteiger partial charge in [0.15, 0.2) is 5.78 Å². The van der Waals surface area contributed by atoms with Gasteiger partial charge in [0.05, 0.1) is 4.90 Å². The Labute approximate surface area is 134 Å². The Kier molecular flexibility index (Phi) is 5.08. The Morgan fingerprint density at radius 2 is 1.57 bits per heavy atom. The fourth-order valence-electron chi connectivity index (χ4n) is 1.83. The first-order chi connectivity index (χ1) is 10.9. The van der Waals surface area contributed by atoms with Crippen LogP contribution in [0.1, 0.15) is 22.8 Å². The molecule has 0 radical (unpaired) electrons. The minimum Gasteiger partial charge on any atom is -0.295 e. The van der Waals surface area contributed by atoms with Gasteiger partial charge in [0.1, 0.15) is 0 Å². The minimum atomic E-state index is -3.97.